The van der Waals surface area contributed by atoms with E-state index in [9.17, 15) is 5.11 Å². The molecule has 5 aromatic carbocycles. The second kappa shape index (κ2) is 9.21. The van der Waals surface area contributed by atoms with E-state index in [1.807, 2.05) is 66.7 Å². The summed E-state index contributed by atoms with van der Waals surface area (Å²) >= 11 is 0. The van der Waals surface area contributed by atoms with Crippen molar-refractivity contribution >= 4 is 27.2 Å². The fraction of sp³-hybridized carbons (Fsp3) is 0.0882. The molecule has 42 heavy (non-hydrogen) atoms. The van der Waals surface area contributed by atoms with Crippen molar-refractivity contribution in [2.24, 2.45) is 0 Å². The van der Waals surface area contributed by atoms with Gasteiger partial charge in [0.25, 0.3) is 0 Å². The van der Waals surface area contributed by atoms with Crippen molar-refractivity contribution in [2.45, 2.75) is 5.92 Å². The van der Waals surface area contributed by atoms with Crippen LogP contribution in [0.3, 0.4) is 0 Å². The number of fused-ring (bicyclic) bond motifs is 7. The molecular weight excluding hydrogens is 528 g/mol. The Morgan fingerprint density at radius 2 is 1.55 bits per heavy atom. The smallest absolute Gasteiger partial charge is 0.228 e. The van der Waals surface area contributed by atoms with Crippen LogP contribution in [0.25, 0.3) is 38.6 Å². The summed E-state index contributed by atoms with van der Waals surface area (Å²) in [4.78, 5) is 9.67. The third kappa shape index (κ3) is 3.51. The summed E-state index contributed by atoms with van der Waals surface area (Å²) in [6.45, 7) is 0. The van der Waals surface area contributed by atoms with E-state index in [0.717, 1.165) is 44.0 Å². The molecule has 8 nitrogen and oxygen atoms in total. The fourth-order valence-electron chi connectivity index (χ4n) is 5.98. The molecule has 8 heteroatoms. The molecule has 0 radical (unpaired) electrons. The Morgan fingerprint density at radius 3 is 2.36 bits per heavy atom. The normalized spacial score (nSPS) is 14.0. The number of phenolic OH excluding ortho intramolecular Hbond substituents is 1. The zero-order valence-corrected chi connectivity index (χ0v) is 22.8. The highest BCUT2D eigenvalue weighted by Gasteiger charge is 2.35. The van der Waals surface area contributed by atoms with E-state index in [4.69, 9.17) is 29.3 Å². The molecule has 1 N–H and O–H groups in total. The zero-order valence-electron chi connectivity index (χ0n) is 22.8. The minimum atomic E-state index is -0.299. The maximum absolute atomic E-state index is 11.2. The van der Waals surface area contributed by atoms with Crippen molar-refractivity contribution in [3.05, 3.63) is 114 Å². The van der Waals surface area contributed by atoms with Gasteiger partial charge in [0.2, 0.25) is 5.88 Å². The number of phenols is 1. The third-order valence-corrected chi connectivity index (χ3v) is 7.98. The van der Waals surface area contributed by atoms with Crippen molar-refractivity contribution in [1.29, 1.82) is 0 Å². The van der Waals surface area contributed by atoms with Crippen molar-refractivity contribution in [1.82, 2.24) is 19.6 Å². The van der Waals surface area contributed by atoms with E-state index in [2.05, 4.69) is 24.3 Å². The van der Waals surface area contributed by atoms with E-state index in [1.165, 1.54) is 0 Å². The third-order valence-electron chi connectivity index (χ3n) is 7.98. The summed E-state index contributed by atoms with van der Waals surface area (Å²) in [7, 11) is 3.25. The monoisotopic (exact) mass is 552 g/mol. The number of ether oxygens (including phenoxy) is 3. The van der Waals surface area contributed by atoms with Crippen molar-refractivity contribution in [3.63, 3.8) is 0 Å². The highest BCUT2D eigenvalue weighted by atomic mass is 16.5. The number of methoxy groups -OCH3 is 2. The molecule has 8 rings (SSSR count). The number of rotatable bonds is 4. The van der Waals surface area contributed by atoms with E-state index < -0.39 is 0 Å². The van der Waals surface area contributed by atoms with Gasteiger partial charge in [-0.05, 0) is 34.5 Å². The van der Waals surface area contributed by atoms with Crippen LogP contribution in [-0.2, 0) is 0 Å². The van der Waals surface area contributed by atoms with Crippen LogP contribution in [0.4, 0.5) is 0 Å². The Labute approximate surface area is 240 Å². The maximum atomic E-state index is 11.2. The Kier molecular flexibility index (Phi) is 5.30. The number of aromatic hydroxyl groups is 1. The molecule has 2 aromatic heterocycles. The average molecular weight is 553 g/mol. The Bertz CT molecular complexity index is 2190. The van der Waals surface area contributed by atoms with Crippen LogP contribution in [0.1, 0.15) is 22.6 Å². The van der Waals surface area contributed by atoms with Crippen LogP contribution in [0.15, 0.2) is 97.3 Å². The lowest BCUT2D eigenvalue weighted by Crippen LogP contribution is -2.15. The molecule has 0 spiro atoms. The average Bonchev–Trinajstić information content (AvgIpc) is 3.48. The summed E-state index contributed by atoms with van der Waals surface area (Å²) in [5, 5.41) is 19.7. The van der Waals surface area contributed by atoms with Gasteiger partial charge in [-0.2, -0.15) is 0 Å². The zero-order chi connectivity index (χ0) is 28.4. The highest BCUT2D eigenvalue weighted by molar-refractivity contribution is 5.94. The molecule has 0 saturated carbocycles. The predicted octanol–water partition coefficient (Wildman–Crippen LogP) is 7.11. The summed E-state index contributed by atoms with van der Waals surface area (Å²) in [6.07, 6.45) is 1.60. The minimum absolute atomic E-state index is 0.135. The molecule has 1 aliphatic heterocycles. The van der Waals surface area contributed by atoms with E-state index in [1.54, 1.807) is 25.1 Å². The lowest BCUT2D eigenvalue weighted by molar-refractivity contribution is 0.354. The molecule has 7 aromatic rings. The van der Waals surface area contributed by atoms with Crippen molar-refractivity contribution in [2.75, 3.05) is 14.2 Å². The second-order valence-electron chi connectivity index (χ2n) is 10.2. The Hall–Kier alpha value is -5.63. The van der Waals surface area contributed by atoms with Crippen LogP contribution >= 0.6 is 0 Å². The van der Waals surface area contributed by atoms with Crippen molar-refractivity contribution < 1.29 is 19.3 Å². The first-order valence-corrected chi connectivity index (χ1v) is 13.5. The van der Waals surface area contributed by atoms with Gasteiger partial charge in [0.05, 0.1) is 25.3 Å². The lowest BCUT2D eigenvalue weighted by Gasteiger charge is -2.29. The molecule has 0 aliphatic carbocycles. The van der Waals surface area contributed by atoms with E-state index in [0.29, 0.717) is 34.4 Å². The second-order valence-corrected chi connectivity index (χ2v) is 10.2. The van der Waals surface area contributed by atoms with Crippen LogP contribution in [0, 0.1) is 0 Å². The number of benzene rings is 5. The molecular formula is C34H24N4O4. The van der Waals surface area contributed by atoms with Crippen LogP contribution < -0.4 is 14.2 Å². The molecule has 0 bridgehead atoms. The van der Waals surface area contributed by atoms with Crippen molar-refractivity contribution in [3.8, 4) is 40.3 Å². The van der Waals surface area contributed by atoms with Gasteiger partial charge >= 0.3 is 0 Å². The Morgan fingerprint density at radius 1 is 0.810 bits per heavy atom. The molecule has 3 heterocycles. The van der Waals surface area contributed by atoms with Gasteiger partial charge in [0, 0.05) is 22.3 Å². The standard InChI is InChI=1S/C34H24N4O4/c1-40-26-16-13-21(17-27(26)41-2)28-24-14-11-20-8-4-6-10-23(20)31(24)42-34-29(28)33-36-32(37-38(33)18-35-34)25-15-12-19-7-3-5-9-22(19)30(25)39/h3-18,28,39H,1-2H3/t28-/m1/s1. The summed E-state index contributed by atoms with van der Waals surface area (Å²) < 4.78 is 19.4. The highest BCUT2D eigenvalue weighted by Crippen LogP contribution is 2.51. The quantitative estimate of drug-likeness (QED) is 0.249. The Balaban J connectivity index is 1.39. The van der Waals surface area contributed by atoms with Gasteiger partial charge in [0.15, 0.2) is 23.0 Å². The summed E-state index contributed by atoms with van der Waals surface area (Å²) in [5.74, 6) is 2.69. The predicted molar refractivity (Wildman–Crippen MR) is 160 cm³/mol. The molecule has 0 unspecified atom stereocenters. The van der Waals surface area contributed by atoms with Crippen LogP contribution in [-0.4, -0.2) is 38.9 Å². The SMILES string of the molecule is COc1ccc([C@@H]2c3ccc4ccccc4c3Oc3ncn4nc(-c5ccc6ccccc6c5O)nc4c32)cc1OC. The summed E-state index contributed by atoms with van der Waals surface area (Å²) in [6, 6.07) is 29.7. The van der Waals surface area contributed by atoms with Gasteiger partial charge in [-0.25, -0.2) is 14.5 Å². The van der Waals surface area contributed by atoms with Crippen LogP contribution in [0.5, 0.6) is 28.9 Å². The number of hydrogen-bond acceptors (Lipinski definition) is 7. The van der Waals surface area contributed by atoms with Crippen LogP contribution in [0.2, 0.25) is 0 Å². The molecule has 0 amide bonds. The van der Waals surface area contributed by atoms with E-state index in [-0.39, 0.29) is 11.7 Å². The van der Waals surface area contributed by atoms with Gasteiger partial charge in [-0.1, -0.05) is 72.8 Å². The first-order valence-electron chi connectivity index (χ1n) is 13.5. The summed E-state index contributed by atoms with van der Waals surface area (Å²) in [5.41, 5.74) is 3.83. The largest absolute Gasteiger partial charge is 0.507 e. The fourth-order valence-corrected chi connectivity index (χ4v) is 5.98. The number of hydrogen-bond donors (Lipinski definition) is 1. The molecule has 1 aliphatic rings. The van der Waals surface area contributed by atoms with Gasteiger partial charge in [-0.15, -0.1) is 5.10 Å². The van der Waals surface area contributed by atoms with Gasteiger partial charge in [-0.3, -0.25) is 0 Å². The minimum Gasteiger partial charge on any atom is -0.507 e. The molecule has 204 valence electrons. The first-order chi connectivity index (χ1) is 20.6. The number of nitrogens with zero attached hydrogens (tertiary/aromatic N) is 4. The lowest BCUT2D eigenvalue weighted by atomic mass is 9.82. The topological polar surface area (TPSA) is 91.0 Å². The molecule has 0 fully saturated rings. The first kappa shape index (κ1) is 24.2. The maximum Gasteiger partial charge on any atom is 0.228 e. The van der Waals surface area contributed by atoms with Gasteiger partial charge < -0.3 is 19.3 Å². The number of aromatic nitrogens is 4. The molecule has 1 atom stereocenters. The van der Waals surface area contributed by atoms with Gasteiger partial charge in [0.1, 0.15) is 17.8 Å². The van der Waals surface area contributed by atoms with E-state index >= 15 is 0 Å². The molecule has 0 saturated heterocycles.